The van der Waals surface area contributed by atoms with Gasteiger partial charge in [-0.15, -0.1) is 12.4 Å². The maximum absolute atomic E-state index is 11.9. The van der Waals surface area contributed by atoms with Crippen LogP contribution in [-0.4, -0.2) is 43.6 Å². The SMILES string of the molecule is CC1CNCCN1S(=O)(=O)C1CC1.Cl. The summed E-state index contributed by atoms with van der Waals surface area (Å²) in [4.78, 5) is 0. The molecule has 84 valence electrons. The molecule has 0 aromatic carbocycles. The fraction of sp³-hybridized carbons (Fsp3) is 1.00. The minimum absolute atomic E-state index is 0. The number of sulfonamides is 1. The summed E-state index contributed by atoms with van der Waals surface area (Å²) in [6, 6.07) is 0.124. The standard InChI is InChI=1S/C8H16N2O2S.ClH/c1-7-6-9-4-5-10(7)13(11,12)8-2-3-8;/h7-9H,2-6H2,1H3;1H. The highest BCUT2D eigenvalue weighted by Gasteiger charge is 2.42. The summed E-state index contributed by atoms with van der Waals surface area (Å²) in [7, 11) is -2.94. The topological polar surface area (TPSA) is 49.4 Å². The number of hydrogen-bond acceptors (Lipinski definition) is 3. The van der Waals surface area contributed by atoms with E-state index in [4.69, 9.17) is 0 Å². The molecule has 2 aliphatic rings. The second-order valence-corrected chi connectivity index (χ2v) is 6.07. The maximum Gasteiger partial charge on any atom is 0.217 e. The zero-order chi connectivity index (χ0) is 9.47. The lowest BCUT2D eigenvalue weighted by molar-refractivity contribution is 0.283. The van der Waals surface area contributed by atoms with Crippen LogP contribution in [0, 0.1) is 0 Å². The number of rotatable bonds is 2. The van der Waals surface area contributed by atoms with Crippen LogP contribution in [-0.2, 0) is 10.0 Å². The first kappa shape index (κ1) is 12.2. The smallest absolute Gasteiger partial charge is 0.217 e. The van der Waals surface area contributed by atoms with E-state index in [1.165, 1.54) is 0 Å². The molecule has 4 nitrogen and oxygen atoms in total. The van der Waals surface area contributed by atoms with Gasteiger partial charge in [-0.3, -0.25) is 0 Å². The molecule has 0 spiro atoms. The van der Waals surface area contributed by atoms with Crippen LogP contribution in [0.3, 0.4) is 0 Å². The molecule has 2 fully saturated rings. The maximum atomic E-state index is 11.9. The van der Waals surface area contributed by atoms with Crippen molar-refractivity contribution < 1.29 is 8.42 Å². The van der Waals surface area contributed by atoms with Crippen LogP contribution < -0.4 is 5.32 Å². The van der Waals surface area contributed by atoms with Gasteiger partial charge in [0.1, 0.15) is 0 Å². The van der Waals surface area contributed by atoms with Crippen molar-refractivity contribution in [3.63, 3.8) is 0 Å². The fourth-order valence-electron chi connectivity index (χ4n) is 1.76. The van der Waals surface area contributed by atoms with Gasteiger partial charge in [0.25, 0.3) is 0 Å². The van der Waals surface area contributed by atoms with E-state index in [2.05, 4.69) is 5.32 Å². The molecule has 0 amide bonds. The minimum Gasteiger partial charge on any atom is -0.314 e. The van der Waals surface area contributed by atoms with E-state index in [1.807, 2.05) is 6.92 Å². The number of nitrogens with zero attached hydrogens (tertiary/aromatic N) is 1. The molecule has 1 saturated carbocycles. The van der Waals surface area contributed by atoms with Gasteiger partial charge in [0.05, 0.1) is 5.25 Å². The molecule has 1 saturated heterocycles. The number of hydrogen-bond donors (Lipinski definition) is 1. The first-order valence-corrected chi connectivity index (χ1v) is 6.34. The van der Waals surface area contributed by atoms with Gasteiger partial charge in [-0.1, -0.05) is 0 Å². The first-order valence-electron chi connectivity index (χ1n) is 4.84. The second kappa shape index (κ2) is 4.35. The van der Waals surface area contributed by atoms with Crippen LogP contribution in [0.15, 0.2) is 0 Å². The van der Waals surface area contributed by atoms with E-state index in [9.17, 15) is 8.42 Å². The van der Waals surface area contributed by atoms with Gasteiger partial charge in [0, 0.05) is 25.7 Å². The van der Waals surface area contributed by atoms with E-state index in [0.29, 0.717) is 6.54 Å². The lowest BCUT2D eigenvalue weighted by atomic mass is 10.3. The van der Waals surface area contributed by atoms with Crippen molar-refractivity contribution in [3.05, 3.63) is 0 Å². The molecule has 2 rings (SSSR count). The van der Waals surface area contributed by atoms with Gasteiger partial charge >= 0.3 is 0 Å². The minimum atomic E-state index is -2.94. The Bertz CT molecular complexity index is 290. The molecule has 1 aliphatic carbocycles. The average molecular weight is 241 g/mol. The van der Waals surface area contributed by atoms with Gasteiger partial charge in [-0.2, -0.15) is 4.31 Å². The van der Waals surface area contributed by atoms with Gasteiger partial charge in [-0.05, 0) is 19.8 Å². The summed E-state index contributed by atoms with van der Waals surface area (Å²) in [6.07, 6.45) is 1.72. The Labute approximate surface area is 91.5 Å². The monoisotopic (exact) mass is 240 g/mol. The third-order valence-electron chi connectivity index (χ3n) is 2.71. The molecule has 0 bridgehead atoms. The summed E-state index contributed by atoms with van der Waals surface area (Å²) in [5.74, 6) is 0. The molecule has 1 unspecified atom stereocenters. The quantitative estimate of drug-likeness (QED) is 0.750. The predicted molar refractivity (Wildman–Crippen MR) is 58.2 cm³/mol. The third kappa shape index (κ3) is 2.21. The lowest BCUT2D eigenvalue weighted by Gasteiger charge is -2.32. The molecule has 6 heteroatoms. The van der Waals surface area contributed by atoms with E-state index in [-0.39, 0.29) is 23.7 Å². The number of halogens is 1. The Balaban J connectivity index is 0.000000980. The molecule has 1 heterocycles. The van der Waals surface area contributed by atoms with E-state index < -0.39 is 10.0 Å². The molecular formula is C8H17ClN2O2S. The van der Waals surface area contributed by atoms with Crippen LogP contribution in [0.5, 0.6) is 0 Å². The molecule has 0 aromatic heterocycles. The Kier molecular flexibility index (Phi) is 3.80. The Morgan fingerprint density at radius 3 is 2.50 bits per heavy atom. The van der Waals surface area contributed by atoms with Crippen molar-refractivity contribution in [1.82, 2.24) is 9.62 Å². The molecule has 1 N–H and O–H groups in total. The summed E-state index contributed by atoms with van der Waals surface area (Å²) in [5.41, 5.74) is 0. The average Bonchev–Trinajstić information content (AvgIpc) is 2.86. The third-order valence-corrected chi connectivity index (χ3v) is 5.22. The van der Waals surface area contributed by atoms with Crippen LogP contribution in [0.2, 0.25) is 0 Å². The molecule has 0 aromatic rings. The van der Waals surface area contributed by atoms with Gasteiger partial charge in [-0.25, -0.2) is 8.42 Å². The summed E-state index contributed by atoms with van der Waals surface area (Å²) in [5, 5.41) is 3.13. The molecule has 0 radical (unpaired) electrons. The fourth-order valence-corrected chi connectivity index (χ4v) is 3.79. The first-order chi connectivity index (χ1) is 6.12. The summed E-state index contributed by atoms with van der Waals surface area (Å²) in [6.45, 7) is 4.17. The van der Waals surface area contributed by atoms with Crippen molar-refractivity contribution >= 4 is 22.4 Å². The van der Waals surface area contributed by atoms with E-state index >= 15 is 0 Å². The normalized spacial score (nSPS) is 29.6. The highest BCUT2D eigenvalue weighted by Crippen LogP contribution is 2.32. The highest BCUT2D eigenvalue weighted by molar-refractivity contribution is 7.90. The van der Waals surface area contributed by atoms with Crippen LogP contribution in [0.1, 0.15) is 19.8 Å². The van der Waals surface area contributed by atoms with Crippen molar-refractivity contribution in [1.29, 1.82) is 0 Å². The number of nitrogens with one attached hydrogen (secondary N) is 1. The zero-order valence-corrected chi connectivity index (χ0v) is 9.90. The Morgan fingerprint density at radius 1 is 1.36 bits per heavy atom. The molecular weight excluding hydrogens is 224 g/mol. The molecule has 1 atom stereocenters. The lowest BCUT2D eigenvalue weighted by Crippen LogP contribution is -2.53. The van der Waals surface area contributed by atoms with Crippen molar-refractivity contribution in [2.45, 2.75) is 31.1 Å². The summed E-state index contributed by atoms with van der Waals surface area (Å²) >= 11 is 0. The van der Waals surface area contributed by atoms with Crippen molar-refractivity contribution in [2.24, 2.45) is 0 Å². The van der Waals surface area contributed by atoms with Gasteiger partial charge in [0.2, 0.25) is 10.0 Å². The molecule has 14 heavy (non-hydrogen) atoms. The summed E-state index contributed by atoms with van der Waals surface area (Å²) < 4.78 is 25.4. The number of piperazine rings is 1. The zero-order valence-electron chi connectivity index (χ0n) is 8.27. The van der Waals surface area contributed by atoms with Gasteiger partial charge < -0.3 is 5.32 Å². The van der Waals surface area contributed by atoms with Crippen LogP contribution >= 0.6 is 12.4 Å². The molecule has 1 aliphatic heterocycles. The van der Waals surface area contributed by atoms with Gasteiger partial charge in [0.15, 0.2) is 0 Å². The second-order valence-electron chi connectivity index (χ2n) is 3.91. The van der Waals surface area contributed by atoms with E-state index in [1.54, 1.807) is 4.31 Å². The van der Waals surface area contributed by atoms with E-state index in [0.717, 1.165) is 25.9 Å². The highest BCUT2D eigenvalue weighted by atomic mass is 35.5. The Morgan fingerprint density at radius 2 is 2.00 bits per heavy atom. The Hall–Kier alpha value is 0.160. The van der Waals surface area contributed by atoms with Crippen molar-refractivity contribution in [2.75, 3.05) is 19.6 Å². The predicted octanol–water partition coefficient (Wildman–Crippen LogP) is 0.194. The van der Waals surface area contributed by atoms with Crippen molar-refractivity contribution in [3.8, 4) is 0 Å². The van der Waals surface area contributed by atoms with Crippen LogP contribution in [0.4, 0.5) is 0 Å². The van der Waals surface area contributed by atoms with Crippen LogP contribution in [0.25, 0.3) is 0 Å². The largest absolute Gasteiger partial charge is 0.314 e.